The van der Waals surface area contributed by atoms with Crippen LogP contribution in [0, 0.1) is 0 Å². The molecule has 0 spiro atoms. The summed E-state index contributed by atoms with van der Waals surface area (Å²) in [6, 6.07) is 0. The van der Waals surface area contributed by atoms with Crippen LogP contribution in [0.4, 0.5) is 4.79 Å². The molecule has 3 heterocycles. The van der Waals surface area contributed by atoms with Gasteiger partial charge < -0.3 is 23.7 Å². The fourth-order valence-electron chi connectivity index (χ4n) is 3.50. The first-order valence-electron chi connectivity index (χ1n) is 10.1. The lowest BCUT2D eigenvalue weighted by atomic mass is 9.81. The number of likely N-dealkylation sites (tertiary alicyclic amines) is 1. The maximum atomic E-state index is 12.4. The Labute approximate surface area is 178 Å². The van der Waals surface area contributed by atoms with Crippen molar-refractivity contribution in [2.75, 3.05) is 20.2 Å². The number of esters is 1. The van der Waals surface area contributed by atoms with Crippen molar-refractivity contribution in [1.29, 1.82) is 0 Å². The quantitative estimate of drug-likeness (QED) is 0.540. The molecule has 0 saturated carbocycles. The number of amides is 1. The lowest BCUT2D eigenvalue weighted by Crippen LogP contribution is -2.65. The van der Waals surface area contributed by atoms with E-state index in [4.69, 9.17) is 18.8 Å². The third-order valence-electron chi connectivity index (χ3n) is 5.94. The predicted molar refractivity (Wildman–Crippen MR) is 110 cm³/mol. The standard InChI is InChI=1S/C20H32BN3O6/c1-17(2,3)28-16(26)23-12-20(13-23,9-15(25)27-8)24-11-14(10-22-24)21-29-18(4,5)19(6,7)30-21/h10-11H,9,12-13H2,1-8H3. The van der Waals surface area contributed by atoms with E-state index in [1.54, 1.807) is 15.8 Å². The van der Waals surface area contributed by atoms with Gasteiger partial charge in [0.05, 0.1) is 37.8 Å². The van der Waals surface area contributed by atoms with Crippen LogP contribution in [0.2, 0.25) is 0 Å². The van der Waals surface area contributed by atoms with Crippen LogP contribution in [0.5, 0.6) is 0 Å². The van der Waals surface area contributed by atoms with Crippen LogP contribution in [-0.4, -0.2) is 70.9 Å². The van der Waals surface area contributed by atoms with Crippen LogP contribution in [0.3, 0.4) is 0 Å². The Bertz CT molecular complexity index is 807. The molecule has 0 radical (unpaired) electrons. The van der Waals surface area contributed by atoms with E-state index in [0.29, 0.717) is 13.1 Å². The second-order valence-electron chi connectivity index (χ2n) is 10.1. The van der Waals surface area contributed by atoms with Gasteiger partial charge in [-0.2, -0.15) is 5.10 Å². The predicted octanol–water partition coefficient (Wildman–Crippen LogP) is 1.69. The van der Waals surface area contributed by atoms with Gasteiger partial charge in [-0.25, -0.2) is 4.79 Å². The van der Waals surface area contributed by atoms with Gasteiger partial charge in [0, 0.05) is 17.9 Å². The number of carbonyl (C=O) groups is 2. The van der Waals surface area contributed by atoms with Crippen molar-refractivity contribution in [1.82, 2.24) is 14.7 Å². The van der Waals surface area contributed by atoms with E-state index in [2.05, 4.69) is 5.10 Å². The number of nitrogens with zero attached hydrogens (tertiary/aromatic N) is 3. The fraction of sp³-hybridized carbons (Fsp3) is 0.750. The SMILES string of the molecule is COC(=O)CC1(n2cc(B3OC(C)(C)C(C)(C)O3)cn2)CN(C(=O)OC(C)(C)C)C1. The first-order valence-corrected chi connectivity index (χ1v) is 10.1. The van der Waals surface area contributed by atoms with Crippen molar-refractivity contribution in [3.63, 3.8) is 0 Å². The Hall–Kier alpha value is -2.07. The van der Waals surface area contributed by atoms with Gasteiger partial charge in [-0.3, -0.25) is 9.48 Å². The minimum Gasteiger partial charge on any atom is -0.469 e. The lowest BCUT2D eigenvalue weighted by Gasteiger charge is -2.49. The summed E-state index contributed by atoms with van der Waals surface area (Å²) in [7, 11) is 0.792. The molecule has 0 atom stereocenters. The van der Waals surface area contributed by atoms with Crippen LogP contribution in [0.25, 0.3) is 0 Å². The summed E-state index contributed by atoms with van der Waals surface area (Å²) in [6.07, 6.45) is 3.17. The topological polar surface area (TPSA) is 92.1 Å². The molecule has 30 heavy (non-hydrogen) atoms. The van der Waals surface area contributed by atoms with Crippen LogP contribution in [-0.2, 0) is 29.1 Å². The average Bonchev–Trinajstić information content (AvgIpc) is 3.12. The zero-order chi connectivity index (χ0) is 22.5. The number of hydrogen-bond donors (Lipinski definition) is 0. The molecule has 2 fully saturated rings. The zero-order valence-electron chi connectivity index (χ0n) is 19.1. The van der Waals surface area contributed by atoms with Crippen LogP contribution in [0.15, 0.2) is 12.4 Å². The van der Waals surface area contributed by atoms with Crippen molar-refractivity contribution in [2.24, 2.45) is 0 Å². The van der Waals surface area contributed by atoms with E-state index in [0.717, 1.165) is 5.46 Å². The third-order valence-corrected chi connectivity index (χ3v) is 5.94. The highest BCUT2D eigenvalue weighted by molar-refractivity contribution is 6.62. The molecule has 0 aromatic carbocycles. The largest absolute Gasteiger partial charge is 0.498 e. The second kappa shape index (κ2) is 7.27. The molecule has 2 saturated heterocycles. The van der Waals surface area contributed by atoms with Crippen LogP contribution >= 0.6 is 0 Å². The van der Waals surface area contributed by atoms with E-state index in [9.17, 15) is 9.59 Å². The van der Waals surface area contributed by atoms with Crippen molar-refractivity contribution in [3.8, 4) is 0 Å². The maximum absolute atomic E-state index is 12.4. The molecule has 166 valence electrons. The van der Waals surface area contributed by atoms with E-state index in [1.165, 1.54) is 7.11 Å². The first-order chi connectivity index (χ1) is 13.7. The number of aromatic nitrogens is 2. The minimum absolute atomic E-state index is 0.0906. The van der Waals surface area contributed by atoms with Gasteiger partial charge in [-0.05, 0) is 48.5 Å². The van der Waals surface area contributed by atoms with Gasteiger partial charge in [0.1, 0.15) is 11.1 Å². The van der Waals surface area contributed by atoms with Gasteiger partial charge in [0.2, 0.25) is 0 Å². The highest BCUT2D eigenvalue weighted by Crippen LogP contribution is 2.37. The van der Waals surface area contributed by atoms with Crippen molar-refractivity contribution in [3.05, 3.63) is 12.4 Å². The molecule has 1 aromatic rings. The Morgan fingerprint density at radius 1 is 1.17 bits per heavy atom. The monoisotopic (exact) mass is 421 g/mol. The summed E-state index contributed by atoms with van der Waals surface area (Å²) in [5.74, 6) is -0.369. The molecule has 3 rings (SSSR count). The normalized spacial score (nSPS) is 21.9. The number of rotatable bonds is 4. The summed E-state index contributed by atoms with van der Waals surface area (Å²) in [6.45, 7) is 14.0. The summed E-state index contributed by atoms with van der Waals surface area (Å²) in [5.41, 5.74) is -1.46. The van der Waals surface area contributed by atoms with E-state index in [-0.39, 0.29) is 12.4 Å². The summed E-state index contributed by atoms with van der Waals surface area (Å²) in [4.78, 5) is 26.0. The van der Waals surface area contributed by atoms with Gasteiger partial charge in [-0.15, -0.1) is 0 Å². The molecular formula is C20H32BN3O6. The number of methoxy groups -OCH3 is 1. The Kier molecular flexibility index (Phi) is 5.48. The lowest BCUT2D eigenvalue weighted by molar-refractivity contribution is -0.146. The minimum atomic E-state index is -0.702. The average molecular weight is 421 g/mol. The van der Waals surface area contributed by atoms with Crippen molar-refractivity contribution >= 4 is 24.6 Å². The van der Waals surface area contributed by atoms with E-state index >= 15 is 0 Å². The molecule has 0 unspecified atom stereocenters. The molecule has 9 nitrogen and oxygen atoms in total. The van der Waals surface area contributed by atoms with Gasteiger partial charge >= 0.3 is 19.2 Å². The molecule has 2 aliphatic heterocycles. The van der Waals surface area contributed by atoms with E-state index in [1.807, 2.05) is 54.7 Å². The highest BCUT2D eigenvalue weighted by atomic mass is 16.7. The van der Waals surface area contributed by atoms with Gasteiger partial charge in [0.25, 0.3) is 0 Å². The molecule has 0 bridgehead atoms. The molecule has 2 aliphatic rings. The van der Waals surface area contributed by atoms with E-state index < -0.39 is 35.6 Å². The fourth-order valence-corrected chi connectivity index (χ4v) is 3.50. The third kappa shape index (κ3) is 4.20. The Morgan fingerprint density at radius 2 is 1.73 bits per heavy atom. The summed E-state index contributed by atoms with van der Waals surface area (Å²) >= 11 is 0. The van der Waals surface area contributed by atoms with Crippen molar-refractivity contribution < 1.29 is 28.4 Å². The molecule has 0 N–H and O–H groups in total. The molecule has 10 heteroatoms. The number of hydrogen-bond acceptors (Lipinski definition) is 7. The zero-order valence-corrected chi connectivity index (χ0v) is 19.1. The molecule has 0 aliphatic carbocycles. The van der Waals surface area contributed by atoms with Gasteiger partial charge in [-0.1, -0.05) is 0 Å². The molecule has 1 amide bonds. The first kappa shape index (κ1) is 22.6. The summed E-state index contributed by atoms with van der Waals surface area (Å²) < 4.78 is 24.2. The number of carbonyl (C=O) groups excluding carboxylic acids is 2. The van der Waals surface area contributed by atoms with Gasteiger partial charge in [0.15, 0.2) is 0 Å². The number of ether oxygens (including phenoxy) is 2. The molecule has 1 aromatic heterocycles. The second-order valence-corrected chi connectivity index (χ2v) is 10.1. The smallest absolute Gasteiger partial charge is 0.469 e. The molecular weight excluding hydrogens is 389 g/mol. The van der Waals surface area contributed by atoms with Crippen LogP contribution in [0.1, 0.15) is 54.9 Å². The van der Waals surface area contributed by atoms with Crippen LogP contribution < -0.4 is 5.46 Å². The summed E-state index contributed by atoms with van der Waals surface area (Å²) in [5, 5.41) is 4.48. The highest BCUT2D eigenvalue weighted by Gasteiger charge is 2.54. The van der Waals surface area contributed by atoms with Crippen molar-refractivity contribution in [2.45, 2.75) is 77.2 Å². The Morgan fingerprint density at radius 3 is 2.23 bits per heavy atom. The maximum Gasteiger partial charge on any atom is 0.498 e. The Balaban J connectivity index is 1.79.